The molecular formula is C10H10N2. The molecule has 1 aliphatic heterocycles. The largest absolute Gasteiger partial charge is 0.384 e. The van der Waals surface area contributed by atoms with Crippen LogP contribution >= 0.6 is 0 Å². The number of nitrogens with one attached hydrogen (secondary N) is 1. The van der Waals surface area contributed by atoms with E-state index in [0.29, 0.717) is 5.92 Å². The molecule has 1 heterocycles. The third kappa shape index (κ3) is 0.947. The molecule has 0 fully saturated rings. The van der Waals surface area contributed by atoms with Crippen molar-refractivity contribution in [3.05, 3.63) is 29.3 Å². The summed E-state index contributed by atoms with van der Waals surface area (Å²) in [6.07, 6.45) is 0. The number of rotatable bonds is 0. The molecular weight excluding hydrogens is 148 g/mol. The van der Waals surface area contributed by atoms with Crippen LogP contribution < -0.4 is 5.32 Å². The lowest BCUT2D eigenvalue weighted by molar-refractivity contribution is 0.854. The van der Waals surface area contributed by atoms with Gasteiger partial charge in [0.2, 0.25) is 0 Å². The van der Waals surface area contributed by atoms with E-state index in [2.05, 4.69) is 18.3 Å². The van der Waals surface area contributed by atoms with Crippen LogP contribution in [0.3, 0.4) is 0 Å². The molecule has 0 saturated carbocycles. The van der Waals surface area contributed by atoms with E-state index in [1.54, 1.807) is 0 Å². The molecule has 0 bridgehead atoms. The van der Waals surface area contributed by atoms with Crippen LogP contribution in [-0.4, -0.2) is 6.54 Å². The molecule has 1 atom stereocenters. The summed E-state index contributed by atoms with van der Waals surface area (Å²) in [5.41, 5.74) is 3.21. The molecule has 2 rings (SSSR count). The molecule has 12 heavy (non-hydrogen) atoms. The van der Waals surface area contributed by atoms with E-state index in [1.165, 1.54) is 11.3 Å². The second kappa shape index (κ2) is 2.53. The monoisotopic (exact) mass is 158 g/mol. The average molecular weight is 158 g/mol. The third-order valence-electron chi connectivity index (χ3n) is 2.31. The number of fused-ring (bicyclic) bond motifs is 1. The number of hydrogen-bond acceptors (Lipinski definition) is 2. The number of nitriles is 1. The maximum absolute atomic E-state index is 8.68. The first-order valence-corrected chi connectivity index (χ1v) is 4.09. The van der Waals surface area contributed by atoms with E-state index >= 15 is 0 Å². The van der Waals surface area contributed by atoms with Gasteiger partial charge >= 0.3 is 0 Å². The molecule has 0 aliphatic carbocycles. The fourth-order valence-electron chi connectivity index (χ4n) is 1.57. The Hall–Kier alpha value is -1.49. The van der Waals surface area contributed by atoms with Crippen LogP contribution in [0.4, 0.5) is 5.69 Å². The molecule has 0 saturated heterocycles. The van der Waals surface area contributed by atoms with Crippen LogP contribution in [0.1, 0.15) is 24.0 Å². The minimum atomic E-state index is 0.535. The Morgan fingerprint density at radius 1 is 1.58 bits per heavy atom. The molecule has 60 valence electrons. The normalized spacial score (nSPS) is 19.5. The van der Waals surface area contributed by atoms with Gasteiger partial charge < -0.3 is 5.32 Å². The van der Waals surface area contributed by atoms with Crippen molar-refractivity contribution < 1.29 is 0 Å². The quantitative estimate of drug-likeness (QED) is 0.627. The Morgan fingerprint density at radius 2 is 2.42 bits per heavy atom. The molecule has 0 radical (unpaired) electrons. The lowest BCUT2D eigenvalue weighted by atomic mass is 10.0. The van der Waals surface area contributed by atoms with Gasteiger partial charge in [0.25, 0.3) is 0 Å². The van der Waals surface area contributed by atoms with Crippen LogP contribution in [0, 0.1) is 11.3 Å². The highest BCUT2D eigenvalue weighted by Gasteiger charge is 2.17. The Kier molecular flexibility index (Phi) is 1.51. The first-order valence-electron chi connectivity index (χ1n) is 4.09. The molecule has 1 aromatic rings. The average Bonchev–Trinajstić information content (AvgIpc) is 2.47. The zero-order valence-corrected chi connectivity index (χ0v) is 6.96. The van der Waals surface area contributed by atoms with E-state index in [4.69, 9.17) is 5.26 Å². The van der Waals surface area contributed by atoms with Crippen molar-refractivity contribution in [3.8, 4) is 6.07 Å². The van der Waals surface area contributed by atoms with Gasteiger partial charge in [-0.1, -0.05) is 6.92 Å². The van der Waals surface area contributed by atoms with Crippen LogP contribution in [0.5, 0.6) is 0 Å². The molecule has 1 N–H and O–H groups in total. The van der Waals surface area contributed by atoms with Crippen molar-refractivity contribution in [3.63, 3.8) is 0 Å². The fraction of sp³-hybridized carbons (Fsp3) is 0.300. The summed E-state index contributed by atoms with van der Waals surface area (Å²) in [6.45, 7) is 3.16. The van der Waals surface area contributed by atoms with Crippen LogP contribution in [0.25, 0.3) is 0 Å². The fourth-order valence-corrected chi connectivity index (χ4v) is 1.57. The predicted molar refractivity (Wildman–Crippen MR) is 48.1 cm³/mol. The molecule has 2 nitrogen and oxygen atoms in total. The highest BCUT2D eigenvalue weighted by molar-refractivity contribution is 5.60. The maximum Gasteiger partial charge on any atom is 0.0991 e. The van der Waals surface area contributed by atoms with E-state index in [0.717, 1.165) is 12.1 Å². The zero-order valence-electron chi connectivity index (χ0n) is 6.96. The SMILES string of the molecule is C[C@@H]1CNc2ccc(C#N)cc21. The Balaban J connectivity index is 2.52. The molecule has 0 amide bonds. The first-order chi connectivity index (χ1) is 5.81. The number of nitrogens with zero attached hydrogens (tertiary/aromatic N) is 1. The Morgan fingerprint density at radius 3 is 3.17 bits per heavy atom. The molecule has 1 aromatic carbocycles. The van der Waals surface area contributed by atoms with Crippen LogP contribution in [-0.2, 0) is 0 Å². The second-order valence-electron chi connectivity index (χ2n) is 3.20. The van der Waals surface area contributed by atoms with Crippen molar-refractivity contribution in [1.29, 1.82) is 5.26 Å². The van der Waals surface area contributed by atoms with Gasteiger partial charge in [0.1, 0.15) is 0 Å². The van der Waals surface area contributed by atoms with E-state index in [9.17, 15) is 0 Å². The lowest BCUT2D eigenvalue weighted by Gasteiger charge is -2.01. The topological polar surface area (TPSA) is 35.8 Å². The summed E-state index contributed by atoms with van der Waals surface area (Å²) >= 11 is 0. The highest BCUT2D eigenvalue weighted by Crippen LogP contribution is 2.31. The smallest absolute Gasteiger partial charge is 0.0991 e. The highest BCUT2D eigenvalue weighted by atomic mass is 14.9. The number of benzene rings is 1. The van der Waals surface area contributed by atoms with Gasteiger partial charge in [-0.3, -0.25) is 0 Å². The minimum Gasteiger partial charge on any atom is -0.384 e. The van der Waals surface area contributed by atoms with Gasteiger partial charge in [0.05, 0.1) is 11.6 Å². The number of hydrogen-bond donors (Lipinski definition) is 1. The van der Waals surface area contributed by atoms with E-state index < -0.39 is 0 Å². The lowest BCUT2D eigenvalue weighted by Crippen LogP contribution is -1.95. The summed E-state index contributed by atoms with van der Waals surface area (Å²) in [5.74, 6) is 0.535. The molecule has 0 spiro atoms. The summed E-state index contributed by atoms with van der Waals surface area (Å²) in [4.78, 5) is 0. The van der Waals surface area contributed by atoms with Gasteiger partial charge in [-0.15, -0.1) is 0 Å². The first kappa shape index (κ1) is 7.17. The Labute approximate surface area is 71.8 Å². The zero-order chi connectivity index (χ0) is 8.55. The van der Waals surface area contributed by atoms with Gasteiger partial charge in [-0.2, -0.15) is 5.26 Å². The second-order valence-corrected chi connectivity index (χ2v) is 3.20. The van der Waals surface area contributed by atoms with Gasteiger partial charge in [0.15, 0.2) is 0 Å². The molecule has 1 aliphatic rings. The van der Waals surface area contributed by atoms with Crippen molar-refractivity contribution in [2.24, 2.45) is 0 Å². The van der Waals surface area contributed by atoms with Crippen molar-refractivity contribution in [1.82, 2.24) is 0 Å². The summed E-state index contributed by atoms with van der Waals surface area (Å²) in [5, 5.41) is 12.0. The van der Waals surface area contributed by atoms with Crippen LogP contribution in [0.15, 0.2) is 18.2 Å². The molecule has 0 unspecified atom stereocenters. The summed E-state index contributed by atoms with van der Waals surface area (Å²) < 4.78 is 0. The third-order valence-corrected chi connectivity index (χ3v) is 2.31. The predicted octanol–water partition coefficient (Wildman–Crippen LogP) is 2.09. The molecule has 0 aromatic heterocycles. The van der Waals surface area contributed by atoms with Gasteiger partial charge in [-0.05, 0) is 23.8 Å². The van der Waals surface area contributed by atoms with Gasteiger partial charge in [-0.25, -0.2) is 0 Å². The van der Waals surface area contributed by atoms with Gasteiger partial charge in [0, 0.05) is 18.2 Å². The molecule has 2 heteroatoms. The van der Waals surface area contributed by atoms with Crippen LogP contribution in [0.2, 0.25) is 0 Å². The standard InChI is InChI=1S/C10H10N2/c1-7-6-12-10-3-2-8(5-11)4-9(7)10/h2-4,7,12H,6H2,1H3/t7-/m1/s1. The van der Waals surface area contributed by atoms with E-state index in [1.807, 2.05) is 18.2 Å². The maximum atomic E-state index is 8.68. The van der Waals surface area contributed by atoms with Crippen molar-refractivity contribution >= 4 is 5.69 Å². The number of anilines is 1. The minimum absolute atomic E-state index is 0.535. The summed E-state index contributed by atoms with van der Waals surface area (Å²) in [6, 6.07) is 7.96. The Bertz CT molecular complexity index is 349. The van der Waals surface area contributed by atoms with Crippen molar-refractivity contribution in [2.75, 3.05) is 11.9 Å². The summed E-state index contributed by atoms with van der Waals surface area (Å²) in [7, 11) is 0. The van der Waals surface area contributed by atoms with E-state index in [-0.39, 0.29) is 0 Å². The van der Waals surface area contributed by atoms with Crippen molar-refractivity contribution in [2.45, 2.75) is 12.8 Å².